The third-order valence-corrected chi connectivity index (χ3v) is 3.28. The zero-order valence-corrected chi connectivity index (χ0v) is 9.06. The van der Waals surface area contributed by atoms with Crippen LogP contribution in [-0.4, -0.2) is 9.97 Å². The molecular formula is C12H11F3N2. The Morgan fingerprint density at radius 2 is 1.94 bits per heavy atom. The van der Waals surface area contributed by atoms with Crippen molar-refractivity contribution in [3.8, 4) is 0 Å². The van der Waals surface area contributed by atoms with Gasteiger partial charge in [0.25, 0.3) is 0 Å². The maximum absolute atomic E-state index is 12.6. The van der Waals surface area contributed by atoms with E-state index in [4.69, 9.17) is 0 Å². The van der Waals surface area contributed by atoms with E-state index < -0.39 is 11.7 Å². The van der Waals surface area contributed by atoms with Gasteiger partial charge >= 0.3 is 6.18 Å². The predicted octanol–water partition coefficient (Wildman–Crippen LogP) is 3.46. The van der Waals surface area contributed by atoms with E-state index in [-0.39, 0.29) is 0 Å². The van der Waals surface area contributed by atoms with E-state index >= 15 is 0 Å². The summed E-state index contributed by atoms with van der Waals surface area (Å²) in [7, 11) is 0. The third-order valence-electron chi connectivity index (χ3n) is 3.28. The first kappa shape index (κ1) is 10.6. The van der Waals surface area contributed by atoms with Crippen molar-refractivity contribution >= 4 is 11.0 Å². The molecule has 0 saturated heterocycles. The Morgan fingerprint density at radius 3 is 2.71 bits per heavy atom. The monoisotopic (exact) mass is 240 g/mol. The molecule has 3 rings (SSSR count). The minimum atomic E-state index is -4.32. The Hall–Kier alpha value is -1.52. The molecule has 0 radical (unpaired) electrons. The number of aromatic nitrogens is 2. The molecule has 17 heavy (non-hydrogen) atoms. The second-order valence-corrected chi connectivity index (χ2v) is 4.41. The van der Waals surface area contributed by atoms with Crippen LogP contribution in [0.2, 0.25) is 0 Å². The van der Waals surface area contributed by atoms with Gasteiger partial charge in [-0.2, -0.15) is 13.2 Å². The number of rotatable bonds is 0. The van der Waals surface area contributed by atoms with Gasteiger partial charge in [-0.15, -0.1) is 0 Å². The first-order valence-electron chi connectivity index (χ1n) is 5.62. The van der Waals surface area contributed by atoms with Crippen LogP contribution < -0.4 is 0 Å². The SMILES string of the molecule is FC(F)(F)c1cnc2[nH]c3c(c2c1)CCCC3. The molecule has 1 aliphatic rings. The highest BCUT2D eigenvalue weighted by Gasteiger charge is 2.31. The Morgan fingerprint density at radius 1 is 1.18 bits per heavy atom. The molecule has 2 nitrogen and oxygen atoms in total. The second kappa shape index (κ2) is 3.48. The highest BCUT2D eigenvalue weighted by Crippen LogP contribution is 2.33. The number of nitrogens with zero attached hydrogens (tertiary/aromatic N) is 1. The van der Waals surface area contributed by atoms with E-state index in [1.54, 1.807) is 0 Å². The fourth-order valence-corrected chi connectivity index (χ4v) is 2.43. The third kappa shape index (κ3) is 1.69. The van der Waals surface area contributed by atoms with Gasteiger partial charge in [-0.05, 0) is 37.3 Å². The molecule has 5 heteroatoms. The quantitative estimate of drug-likeness (QED) is 0.750. The lowest BCUT2D eigenvalue weighted by molar-refractivity contribution is -0.137. The highest BCUT2D eigenvalue weighted by molar-refractivity contribution is 5.82. The van der Waals surface area contributed by atoms with Crippen LogP contribution in [0, 0.1) is 0 Å². The summed E-state index contributed by atoms with van der Waals surface area (Å²) in [5.74, 6) is 0. The summed E-state index contributed by atoms with van der Waals surface area (Å²) < 4.78 is 37.8. The minimum absolute atomic E-state index is 0.574. The lowest BCUT2D eigenvalue weighted by Gasteiger charge is -2.10. The molecule has 1 N–H and O–H groups in total. The molecule has 0 amide bonds. The molecule has 2 heterocycles. The molecule has 0 fully saturated rings. The minimum Gasteiger partial charge on any atom is -0.343 e. The molecular weight excluding hydrogens is 229 g/mol. The molecule has 0 unspecified atom stereocenters. The number of nitrogens with one attached hydrogen (secondary N) is 1. The average Bonchev–Trinajstić information content (AvgIpc) is 2.65. The van der Waals surface area contributed by atoms with Crippen LogP contribution in [0.4, 0.5) is 13.2 Å². The summed E-state index contributed by atoms with van der Waals surface area (Å²) >= 11 is 0. The number of hydrogen-bond donors (Lipinski definition) is 1. The molecule has 0 aliphatic heterocycles. The number of aromatic amines is 1. The summed E-state index contributed by atoms with van der Waals surface area (Å²) in [5, 5.41) is 0.634. The van der Waals surface area contributed by atoms with Crippen molar-refractivity contribution in [1.82, 2.24) is 9.97 Å². The molecule has 2 aromatic rings. The van der Waals surface area contributed by atoms with E-state index in [0.717, 1.165) is 43.1 Å². The van der Waals surface area contributed by atoms with E-state index in [9.17, 15) is 13.2 Å². The van der Waals surface area contributed by atoms with Gasteiger partial charge in [0.05, 0.1) is 5.56 Å². The van der Waals surface area contributed by atoms with Crippen LogP contribution in [0.15, 0.2) is 12.3 Å². The van der Waals surface area contributed by atoms with Crippen LogP contribution in [0.1, 0.15) is 29.7 Å². The first-order chi connectivity index (χ1) is 8.05. The molecule has 0 aromatic carbocycles. The smallest absolute Gasteiger partial charge is 0.343 e. The zero-order chi connectivity index (χ0) is 12.0. The Balaban J connectivity index is 2.21. The number of pyridine rings is 1. The maximum atomic E-state index is 12.6. The normalized spacial score (nSPS) is 16.2. The van der Waals surface area contributed by atoms with Crippen molar-refractivity contribution < 1.29 is 13.2 Å². The number of halogens is 3. The fraction of sp³-hybridized carbons (Fsp3) is 0.417. The predicted molar refractivity (Wildman–Crippen MR) is 57.7 cm³/mol. The molecule has 0 saturated carbocycles. The summed E-state index contributed by atoms with van der Waals surface area (Å²) in [5.41, 5.74) is 1.98. The van der Waals surface area contributed by atoms with Crippen molar-refractivity contribution in [2.45, 2.75) is 31.9 Å². The van der Waals surface area contributed by atoms with Crippen molar-refractivity contribution in [3.05, 3.63) is 29.1 Å². The number of alkyl halides is 3. The number of H-pyrrole nitrogens is 1. The lowest BCUT2D eigenvalue weighted by atomic mass is 9.96. The summed E-state index contributed by atoms with van der Waals surface area (Å²) in [6.07, 6.45) is 0.456. The number of fused-ring (bicyclic) bond motifs is 3. The standard InChI is InChI=1S/C12H11F3N2/c13-12(14,15)7-5-9-8-3-1-2-4-10(8)17-11(9)16-6-7/h5-6H,1-4H2,(H,16,17). The van der Waals surface area contributed by atoms with Crippen LogP contribution in [0.3, 0.4) is 0 Å². The van der Waals surface area contributed by atoms with Crippen LogP contribution in [-0.2, 0) is 19.0 Å². The largest absolute Gasteiger partial charge is 0.417 e. The second-order valence-electron chi connectivity index (χ2n) is 4.41. The van der Waals surface area contributed by atoms with Gasteiger partial charge in [0.15, 0.2) is 0 Å². The van der Waals surface area contributed by atoms with Crippen molar-refractivity contribution in [2.75, 3.05) is 0 Å². The molecule has 0 atom stereocenters. The van der Waals surface area contributed by atoms with Crippen LogP contribution >= 0.6 is 0 Å². The van der Waals surface area contributed by atoms with Gasteiger partial charge in [0, 0.05) is 17.3 Å². The van der Waals surface area contributed by atoms with Gasteiger partial charge < -0.3 is 4.98 Å². The van der Waals surface area contributed by atoms with Gasteiger partial charge in [-0.3, -0.25) is 0 Å². The van der Waals surface area contributed by atoms with Crippen molar-refractivity contribution in [2.24, 2.45) is 0 Å². The lowest BCUT2D eigenvalue weighted by Crippen LogP contribution is -2.05. The van der Waals surface area contributed by atoms with Gasteiger partial charge in [-0.1, -0.05) is 0 Å². The van der Waals surface area contributed by atoms with E-state index in [2.05, 4.69) is 9.97 Å². The van der Waals surface area contributed by atoms with Gasteiger partial charge in [0.2, 0.25) is 0 Å². The Labute approximate surface area is 95.9 Å². The van der Waals surface area contributed by atoms with E-state index in [0.29, 0.717) is 11.0 Å². The maximum Gasteiger partial charge on any atom is 0.417 e. The highest BCUT2D eigenvalue weighted by atomic mass is 19.4. The van der Waals surface area contributed by atoms with Gasteiger partial charge in [0.1, 0.15) is 5.65 Å². The zero-order valence-electron chi connectivity index (χ0n) is 9.06. The Bertz CT molecular complexity index is 569. The first-order valence-corrected chi connectivity index (χ1v) is 5.62. The number of aryl methyl sites for hydroxylation is 2. The van der Waals surface area contributed by atoms with E-state index in [1.165, 1.54) is 6.07 Å². The molecule has 90 valence electrons. The summed E-state index contributed by atoms with van der Waals surface area (Å²) in [4.78, 5) is 6.99. The Kier molecular flexibility index (Phi) is 2.18. The summed E-state index contributed by atoms with van der Waals surface area (Å²) in [6, 6.07) is 1.21. The fourth-order valence-electron chi connectivity index (χ4n) is 2.43. The number of hydrogen-bond acceptors (Lipinski definition) is 1. The average molecular weight is 240 g/mol. The van der Waals surface area contributed by atoms with Crippen LogP contribution in [0.25, 0.3) is 11.0 Å². The van der Waals surface area contributed by atoms with Gasteiger partial charge in [-0.25, -0.2) is 4.98 Å². The molecule has 2 aromatic heterocycles. The van der Waals surface area contributed by atoms with Crippen LogP contribution in [0.5, 0.6) is 0 Å². The molecule has 0 bridgehead atoms. The van der Waals surface area contributed by atoms with Crippen molar-refractivity contribution in [1.29, 1.82) is 0 Å². The molecule has 1 aliphatic carbocycles. The van der Waals surface area contributed by atoms with E-state index in [1.807, 2.05) is 0 Å². The molecule has 0 spiro atoms. The topological polar surface area (TPSA) is 28.7 Å². The van der Waals surface area contributed by atoms with Crippen molar-refractivity contribution in [3.63, 3.8) is 0 Å². The summed E-state index contributed by atoms with van der Waals surface area (Å²) in [6.45, 7) is 0.